The van der Waals surface area contributed by atoms with Gasteiger partial charge in [-0.25, -0.2) is 0 Å². The quantitative estimate of drug-likeness (QED) is 0.674. The molecule has 0 aliphatic heterocycles. The molecule has 0 aromatic heterocycles. The van der Waals surface area contributed by atoms with E-state index in [2.05, 4.69) is 33.8 Å². The summed E-state index contributed by atoms with van der Waals surface area (Å²) in [5.74, 6) is 1.86. The van der Waals surface area contributed by atoms with E-state index < -0.39 is 0 Å². The fourth-order valence-electron chi connectivity index (χ4n) is 2.81. The first kappa shape index (κ1) is 14.9. The molecule has 0 N–H and O–H groups in total. The average molecular weight is 246 g/mol. The lowest BCUT2D eigenvalue weighted by atomic mass is 9.77. The van der Waals surface area contributed by atoms with Crippen LogP contribution in [0.1, 0.15) is 63.4 Å². The highest BCUT2D eigenvalue weighted by atomic mass is 16.1. The zero-order valence-electron chi connectivity index (χ0n) is 12.5. The number of hydrogen-bond donors (Lipinski definition) is 0. The number of carbonyl (C=O) groups is 1. The summed E-state index contributed by atoms with van der Waals surface area (Å²) in [6.45, 7) is 12.9. The average Bonchev–Trinajstić information content (AvgIpc) is 2.27. The third kappa shape index (κ3) is 3.22. The van der Waals surface area contributed by atoms with Gasteiger partial charge in [0.2, 0.25) is 0 Å². The summed E-state index contributed by atoms with van der Waals surface area (Å²) in [6, 6.07) is 8.12. The molecular formula is C17H26O. The van der Waals surface area contributed by atoms with Crippen molar-refractivity contribution in [1.29, 1.82) is 0 Å². The highest BCUT2D eigenvalue weighted by Gasteiger charge is 2.25. The number of benzene rings is 1. The molecule has 0 aliphatic rings. The summed E-state index contributed by atoms with van der Waals surface area (Å²) < 4.78 is 0. The van der Waals surface area contributed by atoms with Crippen LogP contribution in [0.3, 0.4) is 0 Å². The van der Waals surface area contributed by atoms with E-state index in [-0.39, 0.29) is 11.7 Å². The van der Waals surface area contributed by atoms with Gasteiger partial charge in [0.25, 0.3) is 0 Å². The lowest BCUT2D eigenvalue weighted by Crippen LogP contribution is -2.19. The predicted molar refractivity (Wildman–Crippen MR) is 78.0 cm³/mol. The SMILES string of the molecule is CC(C)C(=O)c1ccccc1C(C(C)C)C(C)C. The Labute approximate surface area is 112 Å². The van der Waals surface area contributed by atoms with Gasteiger partial charge in [-0.3, -0.25) is 4.79 Å². The van der Waals surface area contributed by atoms with E-state index in [0.29, 0.717) is 17.8 Å². The van der Waals surface area contributed by atoms with E-state index >= 15 is 0 Å². The summed E-state index contributed by atoms with van der Waals surface area (Å²) in [4.78, 5) is 12.3. The molecule has 1 aromatic carbocycles. The molecule has 0 heterocycles. The minimum Gasteiger partial charge on any atom is -0.294 e. The first-order valence-electron chi connectivity index (χ1n) is 6.99. The highest BCUT2D eigenvalue weighted by Crippen LogP contribution is 2.34. The number of Topliss-reactive ketones (excluding diaryl/α,β-unsaturated/α-hetero) is 1. The van der Waals surface area contributed by atoms with Crippen molar-refractivity contribution in [3.05, 3.63) is 35.4 Å². The van der Waals surface area contributed by atoms with Crippen LogP contribution in [0.5, 0.6) is 0 Å². The molecule has 0 atom stereocenters. The van der Waals surface area contributed by atoms with Crippen molar-refractivity contribution >= 4 is 5.78 Å². The van der Waals surface area contributed by atoms with Gasteiger partial charge in [0, 0.05) is 11.5 Å². The number of carbonyl (C=O) groups excluding carboxylic acids is 1. The van der Waals surface area contributed by atoms with Crippen molar-refractivity contribution in [3.63, 3.8) is 0 Å². The topological polar surface area (TPSA) is 17.1 Å². The van der Waals surface area contributed by atoms with Crippen LogP contribution in [0, 0.1) is 17.8 Å². The second-order valence-electron chi connectivity index (χ2n) is 6.12. The molecule has 1 aromatic rings. The zero-order chi connectivity index (χ0) is 13.9. The monoisotopic (exact) mass is 246 g/mol. The Morgan fingerprint density at radius 3 is 1.83 bits per heavy atom. The molecule has 0 unspecified atom stereocenters. The van der Waals surface area contributed by atoms with Gasteiger partial charge in [0.05, 0.1) is 0 Å². The Hall–Kier alpha value is -1.11. The molecule has 0 amide bonds. The smallest absolute Gasteiger partial charge is 0.165 e. The molecule has 18 heavy (non-hydrogen) atoms. The molecular weight excluding hydrogens is 220 g/mol. The molecule has 1 nitrogen and oxygen atoms in total. The summed E-state index contributed by atoms with van der Waals surface area (Å²) in [7, 11) is 0. The van der Waals surface area contributed by atoms with Crippen LogP contribution in [0.4, 0.5) is 0 Å². The van der Waals surface area contributed by atoms with E-state index in [1.807, 2.05) is 32.0 Å². The van der Waals surface area contributed by atoms with Gasteiger partial charge in [0.1, 0.15) is 0 Å². The minimum atomic E-state index is 0.0612. The third-order valence-corrected chi connectivity index (χ3v) is 3.55. The number of hydrogen-bond acceptors (Lipinski definition) is 1. The zero-order valence-corrected chi connectivity index (χ0v) is 12.5. The Morgan fingerprint density at radius 1 is 0.889 bits per heavy atom. The van der Waals surface area contributed by atoms with Crippen molar-refractivity contribution < 1.29 is 4.79 Å². The Balaban J connectivity index is 3.27. The molecule has 0 bridgehead atoms. The van der Waals surface area contributed by atoms with Crippen molar-refractivity contribution in [3.8, 4) is 0 Å². The summed E-state index contributed by atoms with van der Waals surface area (Å²) >= 11 is 0. The fourth-order valence-corrected chi connectivity index (χ4v) is 2.81. The summed E-state index contributed by atoms with van der Waals surface area (Å²) in [5.41, 5.74) is 2.14. The van der Waals surface area contributed by atoms with Crippen LogP contribution >= 0.6 is 0 Å². The van der Waals surface area contributed by atoms with Gasteiger partial charge in [0.15, 0.2) is 5.78 Å². The summed E-state index contributed by atoms with van der Waals surface area (Å²) in [5, 5.41) is 0. The largest absolute Gasteiger partial charge is 0.294 e. The maximum atomic E-state index is 12.3. The van der Waals surface area contributed by atoms with Crippen LogP contribution in [0.25, 0.3) is 0 Å². The molecule has 0 saturated carbocycles. The first-order valence-corrected chi connectivity index (χ1v) is 6.99. The lowest BCUT2D eigenvalue weighted by molar-refractivity contribution is 0.0937. The van der Waals surface area contributed by atoms with Crippen LogP contribution in [0.2, 0.25) is 0 Å². The first-order chi connectivity index (χ1) is 8.36. The van der Waals surface area contributed by atoms with Crippen LogP contribution in [0.15, 0.2) is 24.3 Å². The number of rotatable bonds is 5. The van der Waals surface area contributed by atoms with Crippen molar-refractivity contribution in [2.75, 3.05) is 0 Å². The maximum Gasteiger partial charge on any atom is 0.165 e. The van der Waals surface area contributed by atoms with Gasteiger partial charge in [-0.2, -0.15) is 0 Å². The van der Waals surface area contributed by atoms with E-state index in [9.17, 15) is 4.79 Å². The molecule has 0 spiro atoms. The van der Waals surface area contributed by atoms with Gasteiger partial charge in [-0.05, 0) is 23.3 Å². The maximum absolute atomic E-state index is 12.3. The number of ketones is 1. The van der Waals surface area contributed by atoms with Gasteiger partial charge in [-0.1, -0.05) is 65.8 Å². The fraction of sp³-hybridized carbons (Fsp3) is 0.588. The third-order valence-electron chi connectivity index (χ3n) is 3.55. The van der Waals surface area contributed by atoms with Gasteiger partial charge < -0.3 is 0 Å². The van der Waals surface area contributed by atoms with E-state index in [1.54, 1.807) is 0 Å². The molecule has 0 radical (unpaired) electrons. The van der Waals surface area contributed by atoms with Crippen LogP contribution in [-0.4, -0.2) is 5.78 Å². The molecule has 0 fully saturated rings. The predicted octanol–water partition coefficient (Wildman–Crippen LogP) is 4.92. The van der Waals surface area contributed by atoms with Crippen LogP contribution in [-0.2, 0) is 0 Å². The summed E-state index contributed by atoms with van der Waals surface area (Å²) in [6.07, 6.45) is 0. The van der Waals surface area contributed by atoms with E-state index in [1.165, 1.54) is 5.56 Å². The van der Waals surface area contributed by atoms with Crippen molar-refractivity contribution in [2.45, 2.75) is 47.5 Å². The molecule has 0 aliphatic carbocycles. The molecule has 0 saturated heterocycles. The van der Waals surface area contributed by atoms with E-state index in [4.69, 9.17) is 0 Å². The lowest BCUT2D eigenvalue weighted by Gasteiger charge is -2.27. The second kappa shape index (κ2) is 6.17. The Bertz CT molecular complexity index is 394. The van der Waals surface area contributed by atoms with Gasteiger partial charge >= 0.3 is 0 Å². The standard InChI is InChI=1S/C17H26O/c1-11(2)16(12(3)4)14-9-7-8-10-15(14)17(18)13(5)6/h7-13,16H,1-6H3. The molecule has 1 rings (SSSR count). The molecule has 1 heteroatoms. The Kier molecular flexibility index (Phi) is 5.13. The van der Waals surface area contributed by atoms with Crippen molar-refractivity contribution in [2.24, 2.45) is 17.8 Å². The van der Waals surface area contributed by atoms with Crippen molar-refractivity contribution in [1.82, 2.24) is 0 Å². The second-order valence-corrected chi connectivity index (χ2v) is 6.12. The van der Waals surface area contributed by atoms with Gasteiger partial charge in [-0.15, -0.1) is 0 Å². The normalized spacial score (nSPS) is 11.9. The highest BCUT2D eigenvalue weighted by molar-refractivity contribution is 5.98. The Morgan fingerprint density at radius 2 is 1.39 bits per heavy atom. The van der Waals surface area contributed by atoms with Crippen LogP contribution < -0.4 is 0 Å². The van der Waals surface area contributed by atoms with E-state index in [0.717, 1.165) is 5.56 Å². The minimum absolute atomic E-state index is 0.0612. The molecule has 100 valence electrons.